The van der Waals surface area contributed by atoms with E-state index in [2.05, 4.69) is 10.2 Å². The fourth-order valence-corrected chi connectivity index (χ4v) is 1.82. The van der Waals surface area contributed by atoms with Crippen molar-refractivity contribution in [1.29, 1.82) is 0 Å². The van der Waals surface area contributed by atoms with Crippen molar-refractivity contribution in [3.8, 4) is 5.69 Å². The Morgan fingerprint density at radius 1 is 1.41 bits per heavy atom. The molecule has 0 saturated carbocycles. The van der Waals surface area contributed by atoms with Gasteiger partial charge in [-0.3, -0.25) is 9.67 Å². The number of rotatable bonds is 3. The second kappa shape index (κ2) is 4.79. The number of benzene rings is 1. The molecular weight excluding hydrogens is 236 g/mol. The Kier molecular flexibility index (Phi) is 3.37. The van der Waals surface area contributed by atoms with Crippen LogP contribution in [0, 0.1) is 4.77 Å². The maximum absolute atomic E-state index is 9.53. The first kappa shape index (κ1) is 12.0. The number of hydrogen-bond acceptors (Lipinski definition) is 4. The summed E-state index contributed by atoms with van der Waals surface area (Å²) in [6, 6.07) is 8.96. The Morgan fingerprint density at radius 2 is 2.06 bits per heavy atom. The number of H-pyrrole nitrogens is 1. The number of aliphatic hydroxyl groups excluding tert-OH is 1. The molecular formula is C11H14N4OS. The first-order chi connectivity index (χ1) is 8.11. The third kappa shape index (κ3) is 2.28. The molecule has 0 aliphatic rings. The smallest absolute Gasteiger partial charge is 0.199 e. The molecule has 1 aromatic heterocycles. The average Bonchev–Trinajstić information content (AvgIpc) is 2.71. The van der Waals surface area contributed by atoms with Gasteiger partial charge in [0.1, 0.15) is 0 Å². The second-order valence-electron chi connectivity index (χ2n) is 3.82. The van der Waals surface area contributed by atoms with Gasteiger partial charge in [-0.25, -0.2) is 0 Å². The van der Waals surface area contributed by atoms with Crippen LogP contribution in [0.2, 0.25) is 0 Å². The van der Waals surface area contributed by atoms with Crippen LogP contribution < -0.4 is 5.73 Å². The highest BCUT2D eigenvalue weighted by Gasteiger charge is 2.19. The summed E-state index contributed by atoms with van der Waals surface area (Å²) >= 11 is 5.17. The van der Waals surface area contributed by atoms with E-state index in [1.54, 1.807) is 11.5 Å². The highest BCUT2D eigenvalue weighted by atomic mass is 32.1. The zero-order valence-corrected chi connectivity index (χ0v) is 10.2. The molecule has 0 aliphatic heterocycles. The molecule has 4 N–H and O–H groups in total. The van der Waals surface area contributed by atoms with Crippen LogP contribution in [-0.4, -0.2) is 26.0 Å². The molecule has 0 radical (unpaired) electrons. The molecule has 0 bridgehead atoms. The van der Waals surface area contributed by atoms with Crippen LogP contribution in [0.5, 0.6) is 0 Å². The summed E-state index contributed by atoms with van der Waals surface area (Å²) in [4.78, 5) is 0. The summed E-state index contributed by atoms with van der Waals surface area (Å²) in [5, 5.41) is 16.3. The minimum Gasteiger partial charge on any atom is -0.391 e. The molecule has 2 aromatic rings. The van der Waals surface area contributed by atoms with E-state index < -0.39 is 12.1 Å². The molecule has 1 aromatic carbocycles. The molecule has 0 amide bonds. The normalized spacial score (nSPS) is 14.5. The fourth-order valence-electron chi connectivity index (χ4n) is 1.58. The first-order valence-electron chi connectivity index (χ1n) is 5.27. The molecule has 0 unspecified atom stereocenters. The Hall–Kier alpha value is -1.50. The lowest BCUT2D eigenvalue weighted by Crippen LogP contribution is -2.26. The Balaban J connectivity index is 2.55. The van der Waals surface area contributed by atoms with Crippen LogP contribution in [0.4, 0.5) is 0 Å². The maximum atomic E-state index is 9.53. The summed E-state index contributed by atoms with van der Waals surface area (Å²) < 4.78 is 2.19. The largest absolute Gasteiger partial charge is 0.391 e. The molecule has 5 nitrogen and oxygen atoms in total. The van der Waals surface area contributed by atoms with E-state index in [0.717, 1.165) is 5.69 Å². The summed E-state index contributed by atoms with van der Waals surface area (Å²) in [6.07, 6.45) is -0.692. The fraction of sp³-hybridized carbons (Fsp3) is 0.273. The van der Waals surface area contributed by atoms with Gasteiger partial charge in [-0.05, 0) is 31.3 Å². The third-order valence-corrected chi connectivity index (χ3v) is 2.80. The predicted molar refractivity (Wildman–Crippen MR) is 67.4 cm³/mol. The van der Waals surface area contributed by atoms with Gasteiger partial charge in [0.25, 0.3) is 0 Å². The van der Waals surface area contributed by atoms with Crippen LogP contribution in [0.3, 0.4) is 0 Å². The van der Waals surface area contributed by atoms with E-state index in [4.69, 9.17) is 18.0 Å². The number of nitrogens with one attached hydrogen (secondary N) is 1. The molecule has 0 saturated heterocycles. The quantitative estimate of drug-likeness (QED) is 0.718. The number of aromatic nitrogens is 3. The lowest BCUT2D eigenvalue weighted by molar-refractivity contribution is 0.159. The van der Waals surface area contributed by atoms with Crippen LogP contribution in [0.25, 0.3) is 5.69 Å². The van der Waals surface area contributed by atoms with Gasteiger partial charge in [-0.2, -0.15) is 5.10 Å². The zero-order valence-electron chi connectivity index (χ0n) is 9.37. The van der Waals surface area contributed by atoms with Crippen molar-refractivity contribution in [3.05, 3.63) is 40.9 Å². The molecule has 6 heteroatoms. The van der Waals surface area contributed by atoms with E-state index in [-0.39, 0.29) is 0 Å². The van der Waals surface area contributed by atoms with E-state index in [1.807, 2.05) is 30.3 Å². The van der Waals surface area contributed by atoms with Crippen molar-refractivity contribution < 1.29 is 5.11 Å². The summed E-state index contributed by atoms with van der Waals surface area (Å²) in [5.74, 6) is 0.524. The van der Waals surface area contributed by atoms with Gasteiger partial charge >= 0.3 is 0 Å². The van der Waals surface area contributed by atoms with Crippen molar-refractivity contribution in [2.75, 3.05) is 0 Å². The van der Waals surface area contributed by atoms with Crippen molar-refractivity contribution in [2.45, 2.75) is 19.1 Å². The van der Waals surface area contributed by atoms with Crippen molar-refractivity contribution in [3.63, 3.8) is 0 Å². The van der Waals surface area contributed by atoms with Gasteiger partial charge in [0.05, 0.1) is 12.1 Å². The highest BCUT2D eigenvalue weighted by molar-refractivity contribution is 7.71. The molecule has 1 heterocycles. The molecule has 2 atom stereocenters. The van der Waals surface area contributed by atoms with E-state index >= 15 is 0 Å². The van der Waals surface area contributed by atoms with Crippen molar-refractivity contribution >= 4 is 12.2 Å². The van der Waals surface area contributed by atoms with Crippen molar-refractivity contribution in [1.82, 2.24) is 14.8 Å². The monoisotopic (exact) mass is 250 g/mol. The Bertz CT molecular complexity index is 546. The molecule has 0 aliphatic carbocycles. The highest BCUT2D eigenvalue weighted by Crippen LogP contribution is 2.17. The Labute approximate surface area is 104 Å². The third-order valence-electron chi connectivity index (χ3n) is 2.53. The second-order valence-corrected chi connectivity index (χ2v) is 4.21. The van der Waals surface area contributed by atoms with Gasteiger partial charge in [0, 0.05) is 5.69 Å². The predicted octanol–water partition coefficient (Wildman–Crippen LogP) is 1.31. The van der Waals surface area contributed by atoms with E-state index in [1.165, 1.54) is 0 Å². The van der Waals surface area contributed by atoms with E-state index in [0.29, 0.717) is 10.6 Å². The lowest BCUT2D eigenvalue weighted by Gasteiger charge is -2.15. The van der Waals surface area contributed by atoms with E-state index in [9.17, 15) is 5.11 Å². The van der Waals surface area contributed by atoms with Crippen LogP contribution in [0.15, 0.2) is 30.3 Å². The van der Waals surface area contributed by atoms with Crippen LogP contribution >= 0.6 is 12.2 Å². The number of nitrogens with zero attached hydrogens (tertiary/aromatic N) is 2. The molecule has 0 spiro atoms. The van der Waals surface area contributed by atoms with Crippen LogP contribution in [0.1, 0.15) is 18.8 Å². The molecule has 17 heavy (non-hydrogen) atoms. The number of hydrogen-bond donors (Lipinski definition) is 3. The minimum absolute atomic E-state index is 0.460. The average molecular weight is 250 g/mol. The molecule has 2 rings (SSSR count). The summed E-state index contributed by atoms with van der Waals surface area (Å²) in [7, 11) is 0. The lowest BCUT2D eigenvalue weighted by atomic mass is 10.2. The minimum atomic E-state index is -0.692. The molecule has 90 valence electrons. The summed E-state index contributed by atoms with van der Waals surface area (Å²) in [6.45, 7) is 1.62. The number of para-hydroxylation sites is 1. The number of nitrogens with two attached hydrogens (primary N) is 1. The standard InChI is InChI=1S/C11H14N4OS/c1-7(16)9(12)10-13-14-11(17)15(10)8-5-3-2-4-6-8/h2-7,9,16H,12H2,1H3,(H,14,17)/t7-,9-/m0/s1. The SMILES string of the molecule is C[C@H](O)[C@H](N)c1n[nH]c(=S)n1-c1ccccc1. The number of aliphatic hydroxyl groups is 1. The number of aromatic amines is 1. The van der Waals surface area contributed by atoms with Gasteiger partial charge in [-0.15, -0.1) is 0 Å². The van der Waals surface area contributed by atoms with Crippen molar-refractivity contribution in [2.24, 2.45) is 5.73 Å². The zero-order chi connectivity index (χ0) is 12.4. The van der Waals surface area contributed by atoms with Gasteiger partial charge in [0.15, 0.2) is 10.6 Å². The van der Waals surface area contributed by atoms with Crippen LogP contribution in [-0.2, 0) is 0 Å². The summed E-state index contributed by atoms with van der Waals surface area (Å²) in [5.41, 5.74) is 6.76. The topological polar surface area (TPSA) is 79.9 Å². The first-order valence-corrected chi connectivity index (χ1v) is 5.68. The van der Waals surface area contributed by atoms with Gasteiger partial charge in [-0.1, -0.05) is 18.2 Å². The Morgan fingerprint density at radius 3 is 2.65 bits per heavy atom. The van der Waals surface area contributed by atoms with Gasteiger partial charge < -0.3 is 10.8 Å². The maximum Gasteiger partial charge on any atom is 0.199 e. The van der Waals surface area contributed by atoms with Gasteiger partial charge in [0.2, 0.25) is 0 Å². The molecule has 0 fully saturated rings.